The number of hydrogen-bond donors (Lipinski definition) is 2. The molecule has 2 aromatic heterocycles. The molecule has 0 aliphatic carbocycles. The molecule has 1 aromatic carbocycles. The summed E-state index contributed by atoms with van der Waals surface area (Å²) in [7, 11) is 0. The number of carbonyl (C=O) groups is 1. The van der Waals surface area contributed by atoms with E-state index in [4.69, 9.17) is 10.3 Å². The molecule has 0 spiro atoms. The third-order valence-electron chi connectivity index (χ3n) is 2.73. The van der Waals surface area contributed by atoms with E-state index in [1.54, 1.807) is 31.2 Å². The van der Waals surface area contributed by atoms with Crippen LogP contribution in [0.15, 0.2) is 28.8 Å². The number of nitrogens with two attached hydrogens (primary N) is 1. The molecule has 1 amide bonds. The van der Waals surface area contributed by atoms with Crippen molar-refractivity contribution < 1.29 is 9.32 Å². The Morgan fingerprint density at radius 1 is 1.20 bits per heavy atom. The molecule has 20 heavy (non-hydrogen) atoms. The van der Waals surface area contributed by atoms with Gasteiger partial charge in [-0.05, 0) is 0 Å². The van der Waals surface area contributed by atoms with Crippen molar-refractivity contribution >= 4 is 5.91 Å². The second kappa shape index (κ2) is 4.57. The van der Waals surface area contributed by atoms with Crippen LogP contribution in [0, 0.1) is 6.92 Å². The topological polar surface area (TPSA) is 124 Å². The van der Waals surface area contributed by atoms with E-state index in [1.165, 1.54) is 0 Å². The van der Waals surface area contributed by atoms with Gasteiger partial charge in [-0.3, -0.25) is 4.79 Å². The van der Waals surface area contributed by atoms with E-state index >= 15 is 0 Å². The Labute approximate surface area is 113 Å². The van der Waals surface area contributed by atoms with Gasteiger partial charge in [-0.2, -0.15) is 20.4 Å². The summed E-state index contributed by atoms with van der Waals surface area (Å²) in [5.74, 6) is 0.368. The van der Waals surface area contributed by atoms with Gasteiger partial charge in [0.2, 0.25) is 11.7 Å². The largest absolute Gasteiger partial charge is 0.364 e. The van der Waals surface area contributed by atoms with Crippen molar-refractivity contribution in [3.05, 3.63) is 35.9 Å². The maximum atomic E-state index is 11.2. The van der Waals surface area contributed by atoms with E-state index in [0.717, 1.165) is 11.1 Å². The van der Waals surface area contributed by atoms with Gasteiger partial charge in [-0.25, -0.2) is 0 Å². The van der Waals surface area contributed by atoms with Crippen molar-refractivity contribution in [1.29, 1.82) is 0 Å². The van der Waals surface area contributed by atoms with Gasteiger partial charge in [0.25, 0.3) is 5.91 Å². The van der Waals surface area contributed by atoms with Crippen LogP contribution in [0.4, 0.5) is 0 Å². The van der Waals surface area contributed by atoms with Crippen LogP contribution in [-0.4, -0.2) is 31.5 Å². The normalized spacial score (nSPS) is 10.7. The molecule has 3 aromatic rings. The third kappa shape index (κ3) is 2.03. The first-order valence-corrected chi connectivity index (χ1v) is 5.77. The number of aromatic amines is 1. The van der Waals surface area contributed by atoms with Gasteiger partial charge < -0.3 is 10.3 Å². The Morgan fingerprint density at radius 3 is 2.50 bits per heavy atom. The fourth-order valence-electron chi connectivity index (χ4n) is 1.80. The zero-order chi connectivity index (χ0) is 14.1. The SMILES string of the molecule is Cc1nc(-c2ccc(-c3n[nH]nc3C(N)=O)cc2)no1. The second-order valence-corrected chi connectivity index (χ2v) is 4.10. The summed E-state index contributed by atoms with van der Waals surface area (Å²) in [5, 5.41) is 13.9. The molecule has 3 N–H and O–H groups in total. The van der Waals surface area contributed by atoms with Gasteiger partial charge >= 0.3 is 0 Å². The van der Waals surface area contributed by atoms with Crippen molar-refractivity contribution in [3.8, 4) is 22.6 Å². The van der Waals surface area contributed by atoms with Crippen molar-refractivity contribution in [2.75, 3.05) is 0 Å². The number of carbonyl (C=O) groups excluding carboxylic acids is 1. The van der Waals surface area contributed by atoms with Gasteiger partial charge in [0.1, 0.15) is 5.69 Å². The number of nitrogens with one attached hydrogen (secondary N) is 1. The summed E-state index contributed by atoms with van der Waals surface area (Å²) in [5.41, 5.74) is 7.26. The number of aryl methyl sites for hydroxylation is 1. The molecule has 100 valence electrons. The molecular weight excluding hydrogens is 260 g/mol. The van der Waals surface area contributed by atoms with Gasteiger partial charge in [-0.1, -0.05) is 29.4 Å². The summed E-state index contributed by atoms with van der Waals surface area (Å²) in [6.07, 6.45) is 0. The molecule has 0 atom stereocenters. The van der Waals surface area contributed by atoms with Crippen LogP contribution in [0.5, 0.6) is 0 Å². The summed E-state index contributed by atoms with van der Waals surface area (Å²) >= 11 is 0. The van der Waals surface area contributed by atoms with E-state index < -0.39 is 5.91 Å². The molecule has 8 heteroatoms. The minimum Gasteiger partial charge on any atom is -0.364 e. The third-order valence-corrected chi connectivity index (χ3v) is 2.73. The molecule has 0 saturated heterocycles. The Balaban J connectivity index is 1.97. The Hall–Kier alpha value is -3.03. The molecule has 2 heterocycles. The standard InChI is InChI=1S/C12H10N6O2/c1-6-14-12(17-20-6)8-4-2-7(3-5-8)9-10(11(13)19)16-18-15-9/h2-5H,1H3,(H2,13,19)(H,15,16,18). The van der Waals surface area contributed by atoms with Crippen molar-refractivity contribution in [1.82, 2.24) is 25.6 Å². The van der Waals surface area contributed by atoms with Crippen LogP contribution < -0.4 is 5.73 Å². The van der Waals surface area contributed by atoms with E-state index in [-0.39, 0.29) is 5.69 Å². The molecule has 0 fully saturated rings. The number of H-pyrrole nitrogens is 1. The van der Waals surface area contributed by atoms with Crippen LogP contribution in [0.25, 0.3) is 22.6 Å². The zero-order valence-corrected chi connectivity index (χ0v) is 10.5. The van der Waals surface area contributed by atoms with Crippen molar-refractivity contribution in [2.45, 2.75) is 6.92 Å². The molecule has 0 unspecified atom stereocenters. The fraction of sp³-hybridized carbons (Fsp3) is 0.0833. The highest BCUT2D eigenvalue weighted by atomic mass is 16.5. The molecule has 0 bridgehead atoms. The number of amides is 1. The molecule has 0 aliphatic rings. The Morgan fingerprint density at radius 2 is 1.90 bits per heavy atom. The zero-order valence-electron chi connectivity index (χ0n) is 10.5. The Kier molecular flexibility index (Phi) is 2.75. The highest BCUT2D eigenvalue weighted by molar-refractivity contribution is 5.96. The number of benzene rings is 1. The first-order valence-electron chi connectivity index (χ1n) is 5.77. The molecule has 0 radical (unpaired) electrons. The van der Waals surface area contributed by atoms with E-state index in [1.807, 2.05) is 0 Å². The maximum absolute atomic E-state index is 11.2. The number of nitrogens with zero attached hydrogens (tertiary/aromatic N) is 4. The van der Waals surface area contributed by atoms with E-state index in [2.05, 4.69) is 25.6 Å². The molecule has 0 saturated carbocycles. The lowest BCUT2D eigenvalue weighted by Crippen LogP contribution is -2.12. The van der Waals surface area contributed by atoms with Crippen LogP contribution in [0.1, 0.15) is 16.4 Å². The second-order valence-electron chi connectivity index (χ2n) is 4.10. The molecule has 0 aliphatic heterocycles. The van der Waals surface area contributed by atoms with Gasteiger partial charge in [0.15, 0.2) is 5.69 Å². The lowest BCUT2D eigenvalue weighted by Gasteiger charge is -1.99. The van der Waals surface area contributed by atoms with Crippen molar-refractivity contribution in [3.63, 3.8) is 0 Å². The lowest BCUT2D eigenvalue weighted by molar-refractivity contribution is 0.0996. The summed E-state index contributed by atoms with van der Waals surface area (Å²) in [6.45, 7) is 1.72. The molecule has 8 nitrogen and oxygen atoms in total. The highest BCUT2D eigenvalue weighted by Gasteiger charge is 2.15. The quantitative estimate of drug-likeness (QED) is 0.729. The monoisotopic (exact) mass is 270 g/mol. The smallest absolute Gasteiger partial charge is 0.271 e. The Bertz CT molecular complexity index is 758. The first-order chi connectivity index (χ1) is 9.65. The average molecular weight is 270 g/mol. The van der Waals surface area contributed by atoms with Crippen LogP contribution >= 0.6 is 0 Å². The van der Waals surface area contributed by atoms with E-state index in [9.17, 15) is 4.79 Å². The summed E-state index contributed by atoms with van der Waals surface area (Å²) < 4.78 is 4.92. The minimum absolute atomic E-state index is 0.105. The minimum atomic E-state index is -0.633. The van der Waals surface area contributed by atoms with Crippen LogP contribution in [0.2, 0.25) is 0 Å². The number of hydrogen-bond acceptors (Lipinski definition) is 6. The summed E-state index contributed by atoms with van der Waals surface area (Å²) in [6, 6.07) is 7.18. The predicted molar refractivity (Wildman–Crippen MR) is 68.4 cm³/mol. The highest BCUT2D eigenvalue weighted by Crippen LogP contribution is 2.23. The number of rotatable bonds is 3. The average Bonchev–Trinajstić information content (AvgIpc) is 3.07. The molecule has 3 rings (SSSR count). The molecular formula is C12H10N6O2. The van der Waals surface area contributed by atoms with Gasteiger partial charge in [0.05, 0.1) is 0 Å². The number of aromatic nitrogens is 5. The van der Waals surface area contributed by atoms with Crippen LogP contribution in [-0.2, 0) is 0 Å². The fourth-order valence-corrected chi connectivity index (χ4v) is 1.80. The first kappa shape index (κ1) is 12.0. The van der Waals surface area contributed by atoms with Crippen LogP contribution in [0.3, 0.4) is 0 Å². The van der Waals surface area contributed by atoms with Gasteiger partial charge in [-0.15, -0.1) is 0 Å². The maximum Gasteiger partial charge on any atom is 0.271 e. The van der Waals surface area contributed by atoms with Gasteiger partial charge in [0, 0.05) is 18.1 Å². The predicted octanol–water partition coefficient (Wildman–Crippen LogP) is 0.929. The summed E-state index contributed by atoms with van der Waals surface area (Å²) in [4.78, 5) is 15.3. The lowest BCUT2D eigenvalue weighted by atomic mass is 10.1. The van der Waals surface area contributed by atoms with Crippen molar-refractivity contribution in [2.24, 2.45) is 5.73 Å². The number of primary amides is 1. The van der Waals surface area contributed by atoms with E-state index in [0.29, 0.717) is 17.4 Å².